The Labute approximate surface area is 101 Å². The number of halogens is 1. The van der Waals surface area contributed by atoms with Gasteiger partial charge in [0.05, 0.1) is 0 Å². The van der Waals surface area contributed by atoms with Gasteiger partial charge in [-0.2, -0.15) is 0 Å². The Bertz CT molecular complexity index is 371. The number of thiophene rings is 1. The quantitative estimate of drug-likeness (QED) is 0.897. The summed E-state index contributed by atoms with van der Waals surface area (Å²) in [6.07, 6.45) is 2.22. The van der Waals surface area contributed by atoms with Crippen LogP contribution in [0.3, 0.4) is 0 Å². The normalized spacial score (nSPS) is 25.7. The second-order valence-electron chi connectivity index (χ2n) is 3.79. The molecule has 3 nitrogen and oxygen atoms in total. The summed E-state index contributed by atoms with van der Waals surface area (Å²) in [4.78, 5) is 12.4. The number of hydrogen-bond acceptors (Lipinski definition) is 3. The van der Waals surface area contributed by atoms with Gasteiger partial charge in [0.2, 0.25) is 0 Å². The second-order valence-corrected chi connectivity index (χ2v) is 5.64. The van der Waals surface area contributed by atoms with Gasteiger partial charge in [0, 0.05) is 15.8 Å². The molecule has 2 N–H and O–H groups in total. The Morgan fingerprint density at radius 2 is 2.53 bits per heavy atom. The van der Waals surface area contributed by atoms with Crippen LogP contribution in [0.4, 0.5) is 0 Å². The maximum absolute atomic E-state index is 11.3. The lowest BCUT2D eigenvalue weighted by Gasteiger charge is -2.23. The van der Waals surface area contributed by atoms with Crippen LogP contribution in [0.1, 0.15) is 17.7 Å². The summed E-state index contributed by atoms with van der Waals surface area (Å²) in [6.45, 7) is 0.801. The van der Waals surface area contributed by atoms with Crippen LogP contribution in [0, 0.1) is 0 Å². The van der Waals surface area contributed by atoms with Gasteiger partial charge in [-0.15, -0.1) is 11.3 Å². The van der Waals surface area contributed by atoms with E-state index in [4.69, 9.17) is 0 Å². The van der Waals surface area contributed by atoms with E-state index in [0.717, 1.165) is 22.3 Å². The molecule has 0 radical (unpaired) electrons. The van der Waals surface area contributed by atoms with E-state index in [9.17, 15) is 9.90 Å². The van der Waals surface area contributed by atoms with E-state index in [1.807, 2.05) is 11.4 Å². The van der Waals surface area contributed by atoms with Crippen molar-refractivity contribution >= 4 is 33.2 Å². The minimum atomic E-state index is -0.743. The molecule has 1 aliphatic heterocycles. The fraction of sp³-hybridized carbons (Fsp3) is 0.500. The molecule has 1 aromatic rings. The highest BCUT2D eigenvalue weighted by atomic mass is 79.9. The summed E-state index contributed by atoms with van der Waals surface area (Å²) >= 11 is 5.04. The Morgan fingerprint density at radius 3 is 3.00 bits per heavy atom. The molecule has 2 heterocycles. The zero-order valence-corrected chi connectivity index (χ0v) is 10.5. The van der Waals surface area contributed by atoms with Crippen LogP contribution in [0.25, 0.3) is 0 Å². The molecule has 1 aromatic heterocycles. The summed E-state index contributed by atoms with van der Waals surface area (Å²) in [6, 6.07) is 1.96. The van der Waals surface area contributed by atoms with Gasteiger partial charge in [0.25, 0.3) is 0 Å². The van der Waals surface area contributed by atoms with E-state index in [2.05, 4.69) is 21.2 Å². The Kier molecular flexibility index (Phi) is 3.13. The first-order valence-corrected chi connectivity index (χ1v) is 6.52. The molecule has 0 amide bonds. The number of carbonyl (C=O) groups is 1. The van der Waals surface area contributed by atoms with Gasteiger partial charge < -0.3 is 10.4 Å². The van der Waals surface area contributed by atoms with Crippen LogP contribution < -0.4 is 5.32 Å². The minimum absolute atomic E-state index is 0.570. The lowest BCUT2D eigenvalue weighted by atomic mass is 9.93. The van der Waals surface area contributed by atoms with Crippen molar-refractivity contribution in [3.63, 3.8) is 0 Å². The topological polar surface area (TPSA) is 49.3 Å². The Balaban J connectivity index is 2.21. The summed E-state index contributed by atoms with van der Waals surface area (Å²) in [5.41, 5.74) is -0.743. The number of carboxylic acids is 1. The van der Waals surface area contributed by atoms with E-state index >= 15 is 0 Å². The zero-order chi connectivity index (χ0) is 10.9. The molecule has 0 spiro atoms. The lowest BCUT2D eigenvalue weighted by molar-refractivity contribution is -0.144. The first kappa shape index (κ1) is 11.1. The molecule has 1 atom stereocenters. The van der Waals surface area contributed by atoms with E-state index in [0.29, 0.717) is 12.8 Å². The summed E-state index contributed by atoms with van der Waals surface area (Å²) in [7, 11) is 0. The fourth-order valence-corrected chi connectivity index (χ4v) is 3.55. The molecule has 1 unspecified atom stereocenters. The van der Waals surface area contributed by atoms with Crippen molar-refractivity contribution in [2.75, 3.05) is 6.54 Å². The summed E-state index contributed by atoms with van der Waals surface area (Å²) in [5.74, 6) is -0.736. The largest absolute Gasteiger partial charge is 0.480 e. The second kappa shape index (κ2) is 4.23. The van der Waals surface area contributed by atoms with Gasteiger partial charge in [0.15, 0.2) is 0 Å². The van der Waals surface area contributed by atoms with E-state index in [1.165, 1.54) is 0 Å². The van der Waals surface area contributed by atoms with Gasteiger partial charge in [0.1, 0.15) is 5.54 Å². The monoisotopic (exact) mass is 289 g/mol. The van der Waals surface area contributed by atoms with E-state index < -0.39 is 11.5 Å². The number of carboxylic acid groups (broad SMARTS) is 1. The third-order valence-electron chi connectivity index (χ3n) is 2.81. The van der Waals surface area contributed by atoms with Crippen molar-refractivity contribution in [2.24, 2.45) is 0 Å². The molecule has 82 valence electrons. The maximum Gasteiger partial charge on any atom is 0.324 e. The molecule has 1 saturated heterocycles. The van der Waals surface area contributed by atoms with Crippen LogP contribution >= 0.6 is 27.3 Å². The molecule has 0 aromatic carbocycles. The minimum Gasteiger partial charge on any atom is -0.480 e. The molecule has 0 bridgehead atoms. The summed E-state index contributed by atoms with van der Waals surface area (Å²) < 4.78 is 1.02. The zero-order valence-electron chi connectivity index (χ0n) is 8.12. The van der Waals surface area contributed by atoms with Crippen molar-refractivity contribution in [3.8, 4) is 0 Å². The van der Waals surface area contributed by atoms with Gasteiger partial charge in [-0.3, -0.25) is 4.79 Å². The molecule has 5 heteroatoms. The van der Waals surface area contributed by atoms with Gasteiger partial charge >= 0.3 is 5.97 Å². The van der Waals surface area contributed by atoms with Crippen molar-refractivity contribution in [1.82, 2.24) is 5.32 Å². The lowest BCUT2D eigenvalue weighted by Crippen LogP contribution is -2.49. The predicted molar refractivity (Wildman–Crippen MR) is 63.3 cm³/mol. The number of aliphatic carboxylic acids is 1. The van der Waals surface area contributed by atoms with Crippen LogP contribution in [0.2, 0.25) is 0 Å². The average molecular weight is 290 g/mol. The summed E-state index contributed by atoms with van der Waals surface area (Å²) in [5, 5.41) is 14.4. The average Bonchev–Trinajstić information content (AvgIpc) is 2.78. The van der Waals surface area contributed by atoms with Crippen molar-refractivity contribution in [3.05, 3.63) is 20.8 Å². The standard InChI is InChI=1S/C10H12BrNO2S/c11-7-2-5-15-8(7)6-10(9(13)14)3-1-4-12-10/h2,5,12H,1,3-4,6H2,(H,13,14). The fourth-order valence-electron chi connectivity index (χ4n) is 1.94. The van der Waals surface area contributed by atoms with Crippen LogP contribution in [-0.2, 0) is 11.2 Å². The first-order chi connectivity index (χ1) is 7.14. The SMILES string of the molecule is O=C(O)C1(Cc2sccc2Br)CCCN1. The smallest absolute Gasteiger partial charge is 0.324 e. The van der Waals surface area contributed by atoms with E-state index in [1.54, 1.807) is 11.3 Å². The van der Waals surface area contributed by atoms with Gasteiger partial charge in [-0.05, 0) is 46.8 Å². The highest BCUT2D eigenvalue weighted by molar-refractivity contribution is 9.10. The number of nitrogens with one attached hydrogen (secondary N) is 1. The maximum atomic E-state index is 11.3. The molecule has 1 fully saturated rings. The van der Waals surface area contributed by atoms with Crippen molar-refractivity contribution in [1.29, 1.82) is 0 Å². The molecule has 2 rings (SSSR count). The molecule has 0 saturated carbocycles. The van der Waals surface area contributed by atoms with Crippen LogP contribution in [0.15, 0.2) is 15.9 Å². The van der Waals surface area contributed by atoms with Gasteiger partial charge in [-0.25, -0.2) is 0 Å². The first-order valence-electron chi connectivity index (χ1n) is 4.84. The molecule has 0 aliphatic carbocycles. The Hall–Kier alpha value is -0.390. The Morgan fingerprint density at radius 1 is 1.73 bits per heavy atom. The van der Waals surface area contributed by atoms with Crippen molar-refractivity contribution in [2.45, 2.75) is 24.8 Å². The molecule has 15 heavy (non-hydrogen) atoms. The molecular formula is C10H12BrNO2S. The third kappa shape index (κ3) is 2.09. The molecular weight excluding hydrogens is 278 g/mol. The van der Waals surface area contributed by atoms with Crippen LogP contribution in [0.5, 0.6) is 0 Å². The highest BCUT2D eigenvalue weighted by Crippen LogP contribution is 2.31. The van der Waals surface area contributed by atoms with Gasteiger partial charge in [-0.1, -0.05) is 0 Å². The van der Waals surface area contributed by atoms with Crippen LogP contribution in [-0.4, -0.2) is 23.2 Å². The van der Waals surface area contributed by atoms with Crippen molar-refractivity contribution < 1.29 is 9.90 Å². The molecule has 1 aliphatic rings. The number of hydrogen-bond donors (Lipinski definition) is 2. The number of rotatable bonds is 3. The predicted octanol–water partition coefficient (Wildman–Crippen LogP) is 2.26. The van der Waals surface area contributed by atoms with E-state index in [-0.39, 0.29) is 0 Å². The highest BCUT2D eigenvalue weighted by Gasteiger charge is 2.41. The third-order valence-corrected chi connectivity index (χ3v) is 4.73.